The minimum absolute atomic E-state index is 0.0481. The first-order chi connectivity index (χ1) is 16.3. The van der Waals surface area contributed by atoms with E-state index in [9.17, 15) is 18.0 Å². The highest BCUT2D eigenvalue weighted by Gasteiger charge is 2.37. The predicted molar refractivity (Wildman–Crippen MR) is 113 cm³/mol. The van der Waals surface area contributed by atoms with Crippen molar-refractivity contribution >= 4 is 5.91 Å². The number of halogens is 4. The van der Waals surface area contributed by atoms with Gasteiger partial charge in [-0.1, -0.05) is 0 Å². The summed E-state index contributed by atoms with van der Waals surface area (Å²) in [7, 11) is 0. The van der Waals surface area contributed by atoms with Crippen molar-refractivity contribution in [1.29, 1.82) is 0 Å². The second kappa shape index (κ2) is 9.18. The lowest BCUT2D eigenvalue weighted by Crippen LogP contribution is -2.44. The molecule has 7 nitrogen and oxygen atoms in total. The van der Waals surface area contributed by atoms with Crippen LogP contribution in [0.25, 0.3) is 0 Å². The number of nitrogens with one attached hydrogen (secondary N) is 1. The normalized spacial score (nSPS) is 25.2. The lowest BCUT2D eigenvalue weighted by atomic mass is 9.98. The number of carbonyl (C=O) groups is 1. The summed E-state index contributed by atoms with van der Waals surface area (Å²) in [4.78, 5) is 15.1. The lowest BCUT2D eigenvalue weighted by Gasteiger charge is -2.32. The van der Waals surface area contributed by atoms with E-state index >= 15 is 4.39 Å². The molecule has 11 heteroatoms. The molecule has 1 fully saturated rings. The molecule has 0 saturated carbocycles. The van der Waals surface area contributed by atoms with Gasteiger partial charge in [0.1, 0.15) is 12.4 Å². The Morgan fingerprint density at radius 2 is 2.06 bits per heavy atom. The average Bonchev–Trinajstić information content (AvgIpc) is 3.24. The van der Waals surface area contributed by atoms with E-state index in [4.69, 9.17) is 9.47 Å². The highest BCUT2D eigenvalue weighted by Crippen LogP contribution is 2.39. The Morgan fingerprint density at radius 1 is 1.21 bits per heavy atom. The number of hydrogen-bond acceptors (Lipinski definition) is 5. The zero-order chi connectivity index (χ0) is 23.9. The maximum atomic E-state index is 15.1. The lowest BCUT2D eigenvalue weighted by molar-refractivity contribution is -0.137. The molecule has 0 aliphatic carbocycles. The second-order valence-corrected chi connectivity index (χ2v) is 9.11. The summed E-state index contributed by atoms with van der Waals surface area (Å²) in [6.45, 7) is 4.44. The number of alkyl halides is 4. The van der Waals surface area contributed by atoms with Crippen LogP contribution in [0.2, 0.25) is 0 Å². The number of fused-ring (bicyclic) bond motifs is 2. The quantitative estimate of drug-likeness (QED) is 0.678. The maximum absolute atomic E-state index is 15.1. The van der Waals surface area contributed by atoms with Gasteiger partial charge in [0.25, 0.3) is 5.91 Å². The first-order valence-electron chi connectivity index (χ1n) is 11.4. The molecule has 3 unspecified atom stereocenters. The van der Waals surface area contributed by atoms with E-state index in [-0.39, 0.29) is 23.6 Å². The molecule has 184 valence electrons. The van der Waals surface area contributed by atoms with Crippen molar-refractivity contribution in [2.75, 3.05) is 32.9 Å². The number of ether oxygens (including phenoxy) is 2. The number of rotatable bonds is 4. The van der Waals surface area contributed by atoms with Crippen LogP contribution < -0.4 is 10.1 Å². The van der Waals surface area contributed by atoms with Gasteiger partial charge in [0.05, 0.1) is 30.5 Å². The molecule has 0 radical (unpaired) electrons. The number of aromatic nitrogens is 2. The highest BCUT2D eigenvalue weighted by molar-refractivity contribution is 5.92. The third-order valence-corrected chi connectivity index (χ3v) is 6.60. The molecule has 4 heterocycles. The van der Waals surface area contributed by atoms with Crippen molar-refractivity contribution in [3.8, 4) is 5.75 Å². The first kappa shape index (κ1) is 23.1. The van der Waals surface area contributed by atoms with Crippen LogP contribution in [0.1, 0.15) is 46.3 Å². The van der Waals surface area contributed by atoms with E-state index in [0.29, 0.717) is 19.0 Å². The molecule has 1 aromatic heterocycles. The van der Waals surface area contributed by atoms with Crippen LogP contribution in [0.5, 0.6) is 5.75 Å². The standard InChI is InChI=1S/C23H26F4N4O3/c24-21-17-8-15(23(25,26)27)3-4-20(17)34-13-19(21)28-22(32)18-9-16-11-30(5-6-31(16)29-18)10-14-2-1-7-33-12-14/h3-4,8-9,14,19,21H,1-2,5-7,10-13H2,(H,28,32). The summed E-state index contributed by atoms with van der Waals surface area (Å²) in [6.07, 6.45) is -4.22. The number of benzene rings is 1. The topological polar surface area (TPSA) is 68.6 Å². The molecule has 3 aliphatic rings. The Hall–Kier alpha value is -2.66. The van der Waals surface area contributed by atoms with Crippen molar-refractivity contribution in [2.45, 2.75) is 44.3 Å². The van der Waals surface area contributed by atoms with Gasteiger partial charge in [-0.3, -0.25) is 14.4 Å². The van der Waals surface area contributed by atoms with Crippen LogP contribution in [0.3, 0.4) is 0 Å². The largest absolute Gasteiger partial charge is 0.491 e. The van der Waals surface area contributed by atoms with E-state index in [1.807, 2.05) is 0 Å². The van der Waals surface area contributed by atoms with Gasteiger partial charge in [0.2, 0.25) is 0 Å². The Bertz CT molecular complexity index is 1050. The first-order valence-corrected chi connectivity index (χ1v) is 11.4. The number of amides is 1. The minimum atomic E-state index is -4.60. The molecule has 1 N–H and O–H groups in total. The fourth-order valence-electron chi connectivity index (χ4n) is 4.81. The molecule has 1 amide bonds. The summed E-state index contributed by atoms with van der Waals surface area (Å²) in [6, 6.07) is 3.26. The Kier molecular flexibility index (Phi) is 6.24. The molecule has 0 bridgehead atoms. The van der Waals surface area contributed by atoms with E-state index in [1.54, 1.807) is 10.7 Å². The van der Waals surface area contributed by atoms with Crippen molar-refractivity contribution < 1.29 is 31.8 Å². The van der Waals surface area contributed by atoms with E-state index in [0.717, 1.165) is 63.0 Å². The Morgan fingerprint density at radius 3 is 2.82 bits per heavy atom. The van der Waals surface area contributed by atoms with Crippen LogP contribution in [0.15, 0.2) is 24.3 Å². The third-order valence-electron chi connectivity index (χ3n) is 6.60. The summed E-state index contributed by atoms with van der Waals surface area (Å²) in [5, 5.41) is 6.90. The molecule has 1 saturated heterocycles. The van der Waals surface area contributed by atoms with E-state index < -0.39 is 29.9 Å². The molecule has 3 atom stereocenters. The SMILES string of the molecule is O=C(NC1COc2ccc(C(F)(F)F)cc2C1F)c1cc2n(n1)CCN(CC1CCCOC1)C2. The number of hydrogen-bond donors (Lipinski definition) is 1. The third kappa shape index (κ3) is 4.76. The van der Waals surface area contributed by atoms with Crippen LogP contribution in [-0.2, 0) is 24.0 Å². The summed E-state index contributed by atoms with van der Waals surface area (Å²) in [5.41, 5.74) is -0.140. The van der Waals surface area contributed by atoms with Gasteiger partial charge in [0, 0.05) is 31.8 Å². The van der Waals surface area contributed by atoms with Crippen molar-refractivity contribution in [3.63, 3.8) is 0 Å². The van der Waals surface area contributed by atoms with Crippen LogP contribution in [0.4, 0.5) is 17.6 Å². The zero-order valence-electron chi connectivity index (χ0n) is 18.5. The van der Waals surface area contributed by atoms with Crippen LogP contribution in [0, 0.1) is 5.92 Å². The van der Waals surface area contributed by atoms with Crippen molar-refractivity contribution in [3.05, 3.63) is 46.8 Å². The predicted octanol–water partition coefficient (Wildman–Crippen LogP) is 3.35. The Labute approximate surface area is 194 Å². The fourth-order valence-corrected chi connectivity index (χ4v) is 4.81. The molecule has 0 spiro atoms. The summed E-state index contributed by atoms with van der Waals surface area (Å²) in [5.74, 6) is -0.0350. The van der Waals surface area contributed by atoms with E-state index in [2.05, 4.69) is 15.3 Å². The van der Waals surface area contributed by atoms with Gasteiger partial charge >= 0.3 is 6.18 Å². The second-order valence-electron chi connectivity index (χ2n) is 9.11. The van der Waals surface area contributed by atoms with Gasteiger partial charge < -0.3 is 14.8 Å². The van der Waals surface area contributed by atoms with Crippen molar-refractivity contribution in [2.24, 2.45) is 5.92 Å². The van der Waals surface area contributed by atoms with Gasteiger partial charge in [-0.25, -0.2) is 4.39 Å². The summed E-state index contributed by atoms with van der Waals surface area (Å²) >= 11 is 0. The van der Waals surface area contributed by atoms with Crippen LogP contribution >= 0.6 is 0 Å². The Balaban J connectivity index is 1.23. The molecule has 34 heavy (non-hydrogen) atoms. The molecular formula is C23H26F4N4O3. The number of carbonyl (C=O) groups excluding carboxylic acids is 1. The highest BCUT2D eigenvalue weighted by atomic mass is 19.4. The minimum Gasteiger partial charge on any atom is -0.491 e. The monoisotopic (exact) mass is 482 g/mol. The molecule has 2 aromatic rings. The molecule has 1 aromatic carbocycles. The van der Waals surface area contributed by atoms with Crippen molar-refractivity contribution in [1.82, 2.24) is 20.0 Å². The number of nitrogens with zero attached hydrogens (tertiary/aromatic N) is 3. The van der Waals surface area contributed by atoms with Crippen LogP contribution in [-0.4, -0.2) is 59.5 Å². The average molecular weight is 482 g/mol. The molecule has 5 rings (SSSR count). The van der Waals surface area contributed by atoms with Gasteiger partial charge in [0.15, 0.2) is 11.9 Å². The van der Waals surface area contributed by atoms with Gasteiger partial charge in [-0.15, -0.1) is 0 Å². The zero-order valence-corrected chi connectivity index (χ0v) is 18.5. The van der Waals surface area contributed by atoms with Gasteiger partial charge in [-0.05, 0) is 43.0 Å². The van der Waals surface area contributed by atoms with E-state index in [1.165, 1.54) is 0 Å². The summed E-state index contributed by atoms with van der Waals surface area (Å²) < 4.78 is 66.9. The maximum Gasteiger partial charge on any atom is 0.416 e. The smallest absolute Gasteiger partial charge is 0.416 e. The molecular weight excluding hydrogens is 456 g/mol. The molecule has 3 aliphatic heterocycles. The van der Waals surface area contributed by atoms with Gasteiger partial charge in [-0.2, -0.15) is 18.3 Å². The fraction of sp³-hybridized carbons (Fsp3) is 0.565.